The predicted octanol–water partition coefficient (Wildman–Crippen LogP) is 4.05. The topological polar surface area (TPSA) is 12.4 Å². The molecule has 0 heterocycles. The summed E-state index contributed by atoms with van der Waals surface area (Å²) < 4.78 is 1.02. The zero-order valence-corrected chi connectivity index (χ0v) is 9.84. The molecule has 1 nitrogen and oxygen atoms in total. The molecule has 0 bridgehead atoms. The Morgan fingerprint density at radius 3 is 2.38 bits per heavy atom. The fourth-order valence-electron chi connectivity index (χ4n) is 0.815. The van der Waals surface area contributed by atoms with Crippen LogP contribution in [0.5, 0.6) is 0 Å². The Bertz CT molecular complexity index is 306. The van der Waals surface area contributed by atoms with Gasteiger partial charge in [0.05, 0.1) is 10.7 Å². The molecule has 0 N–H and O–H groups in total. The minimum Gasteiger partial charge on any atom is -0.234 e. The molecule has 0 saturated carbocycles. The summed E-state index contributed by atoms with van der Waals surface area (Å²) in [7, 11) is 0. The Hall–Kier alpha value is -0.120. The van der Waals surface area contributed by atoms with Gasteiger partial charge in [0.15, 0.2) is 0 Å². The van der Waals surface area contributed by atoms with Crippen molar-refractivity contribution >= 4 is 45.2 Å². The number of aliphatic imine (C=N–C) groups is 1. The van der Waals surface area contributed by atoms with Crippen LogP contribution in [0.15, 0.2) is 29.3 Å². The Balaban J connectivity index is 2.95. The maximum Gasteiger partial charge on any atom is 0.130 e. The summed E-state index contributed by atoms with van der Waals surface area (Å²) in [6.07, 6.45) is 4.01. The SMILES string of the molecule is CSC(=Nc1ccccc1Cl)SC. The van der Waals surface area contributed by atoms with Crippen LogP contribution in [0, 0.1) is 0 Å². The molecule has 0 saturated heterocycles. The number of hydrogen-bond acceptors (Lipinski definition) is 3. The first-order valence-corrected chi connectivity index (χ1v) is 6.52. The van der Waals surface area contributed by atoms with Crippen molar-refractivity contribution in [3.05, 3.63) is 29.3 Å². The van der Waals surface area contributed by atoms with E-state index in [1.807, 2.05) is 36.8 Å². The largest absolute Gasteiger partial charge is 0.234 e. The summed E-state index contributed by atoms with van der Waals surface area (Å²) in [6, 6.07) is 7.59. The molecular weight excluding hydrogens is 222 g/mol. The minimum absolute atomic E-state index is 0.697. The highest BCUT2D eigenvalue weighted by Gasteiger charge is 1.98. The second kappa shape index (κ2) is 5.58. The van der Waals surface area contributed by atoms with E-state index in [2.05, 4.69) is 4.99 Å². The molecule has 13 heavy (non-hydrogen) atoms. The third-order valence-electron chi connectivity index (χ3n) is 1.41. The van der Waals surface area contributed by atoms with Gasteiger partial charge in [0.1, 0.15) is 4.38 Å². The maximum atomic E-state index is 5.96. The molecule has 0 spiro atoms. The van der Waals surface area contributed by atoms with Gasteiger partial charge in [-0.1, -0.05) is 23.7 Å². The first-order valence-electron chi connectivity index (χ1n) is 3.69. The van der Waals surface area contributed by atoms with Crippen LogP contribution in [0.3, 0.4) is 0 Å². The van der Waals surface area contributed by atoms with Crippen molar-refractivity contribution in [1.29, 1.82) is 0 Å². The predicted molar refractivity (Wildman–Crippen MR) is 65.6 cm³/mol. The van der Waals surface area contributed by atoms with E-state index < -0.39 is 0 Å². The van der Waals surface area contributed by atoms with Gasteiger partial charge in [0.25, 0.3) is 0 Å². The lowest BCUT2D eigenvalue weighted by Gasteiger charge is -2.00. The fourth-order valence-corrected chi connectivity index (χ4v) is 2.04. The average molecular weight is 232 g/mol. The van der Waals surface area contributed by atoms with Crippen LogP contribution in [-0.4, -0.2) is 16.9 Å². The third-order valence-corrected chi connectivity index (χ3v) is 3.61. The highest BCUT2D eigenvalue weighted by Crippen LogP contribution is 2.26. The molecule has 0 aliphatic heterocycles. The van der Waals surface area contributed by atoms with Crippen LogP contribution in [0.4, 0.5) is 5.69 Å². The molecule has 1 aromatic carbocycles. The van der Waals surface area contributed by atoms with Crippen LogP contribution < -0.4 is 0 Å². The van der Waals surface area contributed by atoms with Gasteiger partial charge in [-0.05, 0) is 24.6 Å². The molecule has 0 aliphatic carbocycles. The van der Waals surface area contributed by atoms with Crippen LogP contribution >= 0.6 is 35.1 Å². The van der Waals surface area contributed by atoms with E-state index in [1.165, 1.54) is 0 Å². The van der Waals surface area contributed by atoms with Crippen LogP contribution in [0.2, 0.25) is 5.02 Å². The van der Waals surface area contributed by atoms with Gasteiger partial charge in [0.2, 0.25) is 0 Å². The maximum absolute atomic E-state index is 5.96. The number of nitrogens with zero attached hydrogens (tertiary/aromatic N) is 1. The van der Waals surface area contributed by atoms with E-state index in [0.29, 0.717) is 5.02 Å². The van der Waals surface area contributed by atoms with E-state index in [0.717, 1.165) is 10.1 Å². The number of hydrogen-bond donors (Lipinski definition) is 0. The van der Waals surface area contributed by atoms with Crippen LogP contribution in [-0.2, 0) is 0 Å². The number of rotatable bonds is 1. The molecule has 70 valence electrons. The van der Waals surface area contributed by atoms with Gasteiger partial charge >= 0.3 is 0 Å². The van der Waals surface area contributed by atoms with Crippen molar-refractivity contribution in [2.75, 3.05) is 12.5 Å². The van der Waals surface area contributed by atoms with Gasteiger partial charge in [-0.15, -0.1) is 23.5 Å². The summed E-state index contributed by atoms with van der Waals surface area (Å²) in [6.45, 7) is 0. The van der Waals surface area contributed by atoms with E-state index >= 15 is 0 Å². The van der Waals surface area contributed by atoms with E-state index in [4.69, 9.17) is 11.6 Å². The summed E-state index contributed by atoms with van der Waals surface area (Å²) >= 11 is 9.21. The van der Waals surface area contributed by atoms with E-state index in [1.54, 1.807) is 23.5 Å². The highest BCUT2D eigenvalue weighted by molar-refractivity contribution is 8.38. The van der Waals surface area contributed by atoms with Crippen molar-refractivity contribution in [3.8, 4) is 0 Å². The summed E-state index contributed by atoms with van der Waals surface area (Å²) in [4.78, 5) is 4.41. The van der Waals surface area contributed by atoms with Crippen molar-refractivity contribution in [2.24, 2.45) is 4.99 Å². The number of halogens is 1. The Labute approximate surface area is 92.0 Å². The molecule has 0 radical (unpaired) electrons. The van der Waals surface area contributed by atoms with E-state index in [-0.39, 0.29) is 0 Å². The molecule has 0 aliphatic rings. The second-order valence-corrected chi connectivity index (χ2v) is 4.49. The molecule has 1 aromatic rings. The third kappa shape index (κ3) is 3.25. The summed E-state index contributed by atoms with van der Waals surface area (Å²) in [5.41, 5.74) is 0.836. The van der Waals surface area contributed by atoms with Gasteiger partial charge in [0, 0.05) is 0 Å². The summed E-state index contributed by atoms with van der Waals surface area (Å²) in [5, 5.41) is 0.697. The minimum atomic E-state index is 0.697. The quantitative estimate of drug-likeness (QED) is 0.534. The van der Waals surface area contributed by atoms with Crippen molar-refractivity contribution in [2.45, 2.75) is 0 Å². The molecule has 0 amide bonds. The molecule has 0 atom stereocenters. The summed E-state index contributed by atoms with van der Waals surface area (Å²) in [5.74, 6) is 0. The van der Waals surface area contributed by atoms with Gasteiger partial charge in [-0.2, -0.15) is 0 Å². The number of para-hydroxylation sites is 1. The first-order chi connectivity index (χ1) is 6.27. The lowest BCUT2D eigenvalue weighted by atomic mass is 10.3. The second-order valence-electron chi connectivity index (χ2n) is 2.24. The van der Waals surface area contributed by atoms with Crippen molar-refractivity contribution in [1.82, 2.24) is 0 Å². The zero-order chi connectivity index (χ0) is 9.68. The lowest BCUT2D eigenvalue weighted by Crippen LogP contribution is -1.80. The van der Waals surface area contributed by atoms with Crippen LogP contribution in [0.25, 0.3) is 0 Å². The fraction of sp³-hybridized carbons (Fsp3) is 0.222. The molecule has 0 unspecified atom stereocenters. The van der Waals surface area contributed by atoms with Gasteiger partial charge in [-0.25, -0.2) is 4.99 Å². The van der Waals surface area contributed by atoms with Crippen LogP contribution in [0.1, 0.15) is 0 Å². The molecule has 0 aromatic heterocycles. The normalized spacial score (nSPS) is 9.77. The lowest BCUT2D eigenvalue weighted by molar-refractivity contribution is 1.55. The smallest absolute Gasteiger partial charge is 0.130 e. The monoisotopic (exact) mass is 231 g/mol. The van der Waals surface area contributed by atoms with Gasteiger partial charge in [-0.3, -0.25) is 0 Å². The van der Waals surface area contributed by atoms with Crippen molar-refractivity contribution < 1.29 is 0 Å². The van der Waals surface area contributed by atoms with E-state index in [9.17, 15) is 0 Å². The Morgan fingerprint density at radius 1 is 1.23 bits per heavy atom. The molecule has 0 fully saturated rings. The first kappa shape index (κ1) is 11.0. The number of benzene rings is 1. The Kier molecular flexibility index (Phi) is 4.70. The molecule has 4 heteroatoms. The van der Waals surface area contributed by atoms with Gasteiger partial charge < -0.3 is 0 Å². The van der Waals surface area contributed by atoms with Crippen molar-refractivity contribution in [3.63, 3.8) is 0 Å². The average Bonchev–Trinajstić information content (AvgIpc) is 2.17. The highest BCUT2D eigenvalue weighted by atomic mass is 35.5. The Morgan fingerprint density at radius 2 is 1.85 bits per heavy atom. The molecule has 1 rings (SSSR count). The standard InChI is InChI=1S/C9H10ClNS2/c1-12-9(13-2)11-8-6-4-3-5-7(8)10/h3-6H,1-2H3. The number of thioether (sulfide) groups is 2. The zero-order valence-electron chi connectivity index (χ0n) is 7.45. The molecular formula is C9H10ClNS2.